The van der Waals surface area contributed by atoms with E-state index in [9.17, 15) is 14.7 Å². The van der Waals surface area contributed by atoms with E-state index in [1.807, 2.05) is 30.6 Å². The fourth-order valence-corrected chi connectivity index (χ4v) is 6.57. The largest absolute Gasteiger partial charge is 0.496 e. The Morgan fingerprint density at radius 1 is 1.36 bits per heavy atom. The van der Waals surface area contributed by atoms with Gasteiger partial charge in [-0.3, -0.25) is 20.8 Å². The highest BCUT2D eigenvalue weighted by atomic mass is 16.6. The van der Waals surface area contributed by atoms with Gasteiger partial charge >= 0.3 is 12.3 Å². The summed E-state index contributed by atoms with van der Waals surface area (Å²) in [6.07, 6.45) is 11.1. The highest BCUT2D eigenvalue weighted by Gasteiger charge is 2.49. The van der Waals surface area contributed by atoms with Crippen LogP contribution in [0, 0.1) is 5.41 Å². The van der Waals surface area contributed by atoms with Crippen LogP contribution in [0.5, 0.6) is 17.2 Å². The zero-order valence-electron chi connectivity index (χ0n) is 24.4. The molecule has 5 aliphatic heterocycles. The molecule has 44 heavy (non-hydrogen) atoms. The van der Waals surface area contributed by atoms with E-state index in [-0.39, 0.29) is 42.9 Å². The van der Waals surface area contributed by atoms with Crippen LogP contribution >= 0.6 is 0 Å². The van der Waals surface area contributed by atoms with Crippen LogP contribution in [0.15, 0.2) is 58.5 Å². The topological polar surface area (TPSA) is 173 Å². The number of benzene rings is 1. The van der Waals surface area contributed by atoms with E-state index >= 15 is 0 Å². The lowest BCUT2D eigenvalue weighted by molar-refractivity contribution is -1.05. The number of quaternary nitrogens is 2. The molecule has 14 nitrogen and oxygen atoms in total. The van der Waals surface area contributed by atoms with Crippen LogP contribution in [0.4, 0.5) is 0 Å². The molecule has 1 aliphatic carbocycles. The van der Waals surface area contributed by atoms with Crippen LogP contribution in [0.1, 0.15) is 37.3 Å². The number of amidine groups is 1. The first kappa shape index (κ1) is 28.0. The Balaban J connectivity index is 1.26. The van der Waals surface area contributed by atoms with Gasteiger partial charge in [0.15, 0.2) is 6.67 Å². The summed E-state index contributed by atoms with van der Waals surface area (Å²) in [6.45, 7) is 4.42. The summed E-state index contributed by atoms with van der Waals surface area (Å²) in [7, 11) is 1.58. The van der Waals surface area contributed by atoms with Gasteiger partial charge in [0.2, 0.25) is 17.4 Å². The maximum Gasteiger partial charge on any atom is 0.374 e. The number of esters is 1. The zero-order chi connectivity index (χ0) is 30.7. The first-order valence-electron chi connectivity index (χ1n) is 14.5. The first-order chi connectivity index (χ1) is 21.2. The molecule has 0 aromatic heterocycles. The van der Waals surface area contributed by atoms with Crippen molar-refractivity contribution < 1.29 is 43.4 Å². The van der Waals surface area contributed by atoms with Gasteiger partial charge in [0.05, 0.1) is 25.5 Å². The van der Waals surface area contributed by atoms with Crippen molar-refractivity contribution in [2.45, 2.75) is 44.2 Å². The number of hydrogen-bond acceptors (Lipinski definition) is 10. The van der Waals surface area contributed by atoms with Crippen molar-refractivity contribution in [2.75, 3.05) is 26.9 Å². The third kappa shape index (κ3) is 4.41. The molecule has 0 saturated carbocycles. The van der Waals surface area contributed by atoms with E-state index in [1.165, 1.54) is 0 Å². The van der Waals surface area contributed by atoms with Crippen molar-refractivity contribution in [3.05, 3.63) is 59.7 Å². The number of carbonyl (C=O) groups is 2. The van der Waals surface area contributed by atoms with Gasteiger partial charge in [-0.25, -0.2) is 14.7 Å². The Morgan fingerprint density at radius 2 is 2.20 bits per heavy atom. The summed E-state index contributed by atoms with van der Waals surface area (Å²) in [5, 5.41) is 24.7. The molecule has 0 saturated heterocycles. The average Bonchev–Trinajstić information content (AvgIpc) is 3.72. The zero-order valence-corrected chi connectivity index (χ0v) is 24.4. The summed E-state index contributed by atoms with van der Waals surface area (Å²) in [6, 6.07) is 1.75. The molecule has 1 aromatic rings. The molecule has 1 aromatic carbocycles. The van der Waals surface area contributed by atoms with Gasteiger partial charge in [-0.1, -0.05) is 12.2 Å². The molecule has 6 N–H and O–H groups in total. The SMILES string of the molecule is CCOC(=O)C1=CC(=CC[NH+]2C=CNC2[NH+]2CN=C3C(=O)NC(=N)N=C32)c2c(cc3c(c2OC)C2C=CCC(C)(O)C2O3)O1. The fourth-order valence-electron chi connectivity index (χ4n) is 6.57. The number of amides is 1. The third-order valence-electron chi connectivity index (χ3n) is 8.57. The standard InChI is InChI=1S/C30H31N7O7/c1-4-42-27(39)19-12-15(7-10-36-11-9-32-29(36)37-14-33-22-25(37)34-28(31)35-26(22)38)20-17(43-19)13-18-21(23(20)41-3)16-6-5-8-30(2,40)24(16)44-18/h5-7,9,11-13,16,24,29,32,40H,4,8,10,14H2,1-3H3,(H2,31,35,38)/p+2. The van der Waals surface area contributed by atoms with Gasteiger partial charge in [-0.15, -0.1) is 0 Å². The summed E-state index contributed by atoms with van der Waals surface area (Å²) in [4.78, 5) is 35.6. The van der Waals surface area contributed by atoms with Crippen molar-refractivity contribution >= 4 is 35.0 Å². The maximum absolute atomic E-state index is 12.9. The smallest absolute Gasteiger partial charge is 0.374 e. The van der Waals surface area contributed by atoms with E-state index in [0.29, 0.717) is 47.2 Å². The minimum Gasteiger partial charge on any atom is -0.496 e. The number of nitrogens with one attached hydrogen (secondary N) is 5. The van der Waals surface area contributed by atoms with Gasteiger partial charge < -0.3 is 24.1 Å². The molecular formula is C30H33N7O7+2. The van der Waals surface area contributed by atoms with E-state index in [0.717, 1.165) is 15.4 Å². The minimum atomic E-state index is -1.07. The van der Waals surface area contributed by atoms with Crippen LogP contribution < -0.4 is 34.6 Å². The number of fused-ring (bicyclic) bond motifs is 5. The second-order valence-corrected chi connectivity index (χ2v) is 11.4. The molecule has 6 atom stereocenters. The van der Waals surface area contributed by atoms with Crippen molar-refractivity contribution in [3.8, 4) is 17.2 Å². The van der Waals surface area contributed by atoms with Crippen LogP contribution in [-0.2, 0) is 14.3 Å². The Bertz CT molecular complexity index is 1670. The number of methoxy groups -OCH3 is 1. The van der Waals surface area contributed by atoms with Gasteiger partial charge in [0.1, 0.15) is 41.7 Å². The number of guanidine groups is 1. The molecule has 14 heteroatoms. The van der Waals surface area contributed by atoms with Crippen LogP contribution in [0.25, 0.3) is 5.57 Å². The Labute approximate surface area is 252 Å². The fraction of sp³-hybridized carbons (Fsp3) is 0.367. The first-order valence-corrected chi connectivity index (χ1v) is 14.5. The Morgan fingerprint density at radius 3 is 3.00 bits per heavy atom. The Hall–Kier alpha value is -4.79. The quantitative estimate of drug-likeness (QED) is 0.168. The molecule has 6 aliphatic rings. The van der Waals surface area contributed by atoms with E-state index in [1.54, 1.807) is 33.1 Å². The predicted molar refractivity (Wildman–Crippen MR) is 156 cm³/mol. The highest BCUT2D eigenvalue weighted by Crippen LogP contribution is 2.55. The van der Waals surface area contributed by atoms with Crippen LogP contribution in [-0.4, -0.2) is 79.4 Å². The van der Waals surface area contributed by atoms with E-state index in [2.05, 4.69) is 20.6 Å². The number of carbonyl (C=O) groups excluding carboxylic acids is 2. The van der Waals surface area contributed by atoms with E-state index < -0.39 is 23.6 Å². The number of ether oxygens (including phenoxy) is 4. The molecule has 0 fully saturated rings. The normalized spacial score (nSPS) is 31.8. The summed E-state index contributed by atoms with van der Waals surface area (Å²) in [5.74, 6) is 0.435. The number of hydrogen-bond donors (Lipinski definition) is 6. The average molecular weight is 604 g/mol. The molecule has 7 rings (SSSR count). The van der Waals surface area contributed by atoms with Crippen molar-refractivity contribution in [3.63, 3.8) is 0 Å². The summed E-state index contributed by atoms with van der Waals surface area (Å²) in [5.41, 5.74) is 1.33. The van der Waals surface area contributed by atoms with Crippen molar-refractivity contribution in [2.24, 2.45) is 9.98 Å². The van der Waals surface area contributed by atoms with Gasteiger partial charge in [-0.2, -0.15) is 9.89 Å². The maximum atomic E-state index is 12.9. The summed E-state index contributed by atoms with van der Waals surface area (Å²) < 4.78 is 23.6. The molecule has 5 heterocycles. The molecule has 6 unspecified atom stereocenters. The molecule has 1 amide bonds. The van der Waals surface area contributed by atoms with E-state index in [4.69, 9.17) is 24.4 Å². The van der Waals surface area contributed by atoms with Crippen LogP contribution in [0.2, 0.25) is 0 Å². The number of nitrogens with zero attached hydrogens (tertiary/aromatic N) is 2. The Kier molecular flexibility index (Phi) is 6.64. The number of aliphatic imine (C=N–C) groups is 2. The number of allylic oxidation sites excluding steroid dienone is 2. The van der Waals surface area contributed by atoms with Gasteiger partial charge in [0, 0.05) is 17.5 Å². The number of rotatable bonds is 6. The molecule has 0 spiro atoms. The lowest BCUT2D eigenvalue weighted by atomic mass is 9.78. The van der Waals surface area contributed by atoms with Gasteiger partial charge in [0.25, 0.3) is 11.7 Å². The molecule has 0 radical (unpaired) electrons. The highest BCUT2D eigenvalue weighted by molar-refractivity contribution is 6.68. The molecule has 0 bridgehead atoms. The van der Waals surface area contributed by atoms with Gasteiger partial charge in [-0.05, 0) is 38.0 Å². The summed E-state index contributed by atoms with van der Waals surface area (Å²) >= 11 is 0. The number of aliphatic hydroxyl groups is 1. The molecular weight excluding hydrogens is 570 g/mol. The second-order valence-electron chi connectivity index (χ2n) is 11.4. The monoisotopic (exact) mass is 603 g/mol. The van der Waals surface area contributed by atoms with Crippen molar-refractivity contribution in [1.29, 1.82) is 5.41 Å². The predicted octanol–water partition coefficient (Wildman–Crippen LogP) is -1.52. The lowest BCUT2D eigenvalue weighted by Crippen LogP contribution is -3.36. The van der Waals surface area contributed by atoms with Crippen LogP contribution in [0.3, 0.4) is 0 Å². The lowest BCUT2D eigenvalue weighted by Gasteiger charge is -2.34. The molecule has 228 valence electrons. The third-order valence-corrected chi connectivity index (χ3v) is 8.57. The van der Waals surface area contributed by atoms with Crippen molar-refractivity contribution in [1.82, 2.24) is 10.6 Å². The second kappa shape index (κ2) is 10.4. The minimum absolute atomic E-state index is 0.0286.